The van der Waals surface area contributed by atoms with Gasteiger partial charge in [-0.1, -0.05) is 53.5 Å². The molecular formula is C25H22Cl2N4O2. The summed E-state index contributed by atoms with van der Waals surface area (Å²) >= 11 is 12.7. The lowest BCUT2D eigenvalue weighted by Gasteiger charge is -2.38. The third kappa shape index (κ3) is 4.42. The highest BCUT2D eigenvalue weighted by molar-refractivity contribution is 6.36. The second-order valence-corrected chi connectivity index (χ2v) is 8.93. The topological polar surface area (TPSA) is 54.5 Å². The van der Waals surface area contributed by atoms with Gasteiger partial charge in [-0.05, 0) is 42.8 Å². The first-order valence-corrected chi connectivity index (χ1v) is 11.4. The molecule has 0 unspecified atom stereocenters. The molecule has 0 saturated heterocycles. The van der Waals surface area contributed by atoms with Crippen molar-refractivity contribution in [3.8, 4) is 0 Å². The van der Waals surface area contributed by atoms with E-state index in [4.69, 9.17) is 32.6 Å². The number of nitrogens with zero attached hydrogens (tertiary/aromatic N) is 4. The van der Waals surface area contributed by atoms with Crippen molar-refractivity contribution in [1.82, 2.24) is 14.5 Å². The molecule has 5 rings (SSSR count). The Morgan fingerprint density at radius 2 is 1.85 bits per heavy atom. The Bertz CT molecular complexity index is 1340. The second kappa shape index (κ2) is 9.06. The molecule has 6 nitrogen and oxygen atoms in total. The van der Waals surface area contributed by atoms with Gasteiger partial charge in [-0.2, -0.15) is 0 Å². The van der Waals surface area contributed by atoms with Gasteiger partial charge in [-0.3, -0.25) is 19.2 Å². The Labute approximate surface area is 201 Å². The van der Waals surface area contributed by atoms with E-state index in [1.807, 2.05) is 60.4 Å². The van der Waals surface area contributed by atoms with Crippen molar-refractivity contribution < 1.29 is 4.42 Å². The van der Waals surface area contributed by atoms with Gasteiger partial charge in [0.2, 0.25) is 5.95 Å². The Morgan fingerprint density at radius 1 is 1.03 bits per heavy atom. The van der Waals surface area contributed by atoms with Crippen LogP contribution in [0.3, 0.4) is 0 Å². The maximum atomic E-state index is 13.7. The Balaban J connectivity index is 1.60. The number of furan rings is 1. The Morgan fingerprint density at radius 3 is 2.58 bits per heavy atom. The molecule has 0 atom stereocenters. The average Bonchev–Trinajstić information content (AvgIpc) is 3.31. The summed E-state index contributed by atoms with van der Waals surface area (Å²) in [6.45, 7) is 3.32. The number of rotatable bonds is 5. The quantitative estimate of drug-likeness (QED) is 0.371. The molecule has 168 valence electrons. The van der Waals surface area contributed by atoms with Gasteiger partial charge in [0, 0.05) is 17.0 Å². The smallest absolute Gasteiger partial charge is 0.259 e. The highest BCUT2D eigenvalue weighted by Gasteiger charge is 2.29. The molecule has 0 saturated carbocycles. The lowest BCUT2D eigenvalue weighted by atomic mass is 10.1. The number of hydrogen-bond donors (Lipinski definition) is 0. The first-order valence-electron chi connectivity index (χ1n) is 10.6. The predicted molar refractivity (Wildman–Crippen MR) is 130 cm³/mol. The van der Waals surface area contributed by atoms with Gasteiger partial charge in [0.25, 0.3) is 5.56 Å². The molecule has 3 heterocycles. The monoisotopic (exact) mass is 480 g/mol. The van der Waals surface area contributed by atoms with Crippen LogP contribution in [0, 0.1) is 6.92 Å². The molecule has 2 aromatic heterocycles. The molecule has 0 amide bonds. The number of benzene rings is 2. The van der Waals surface area contributed by atoms with Gasteiger partial charge >= 0.3 is 0 Å². The molecule has 0 radical (unpaired) electrons. The van der Waals surface area contributed by atoms with E-state index in [-0.39, 0.29) is 5.56 Å². The number of anilines is 2. The van der Waals surface area contributed by atoms with Crippen molar-refractivity contribution in [3.63, 3.8) is 0 Å². The van der Waals surface area contributed by atoms with Crippen molar-refractivity contribution >= 4 is 34.8 Å². The fourth-order valence-corrected chi connectivity index (χ4v) is 4.65. The third-order valence-electron chi connectivity index (χ3n) is 5.76. The van der Waals surface area contributed by atoms with Crippen molar-refractivity contribution in [3.05, 3.63) is 110 Å². The Hall–Kier alpha value is -3.06. The largest absolute Gasteiger partial charge is 0.468 e. The van der Waals surface area contributed by atoms with Gasteiger partial charge < -0.3 is 4.42 Å². The van der Waals surface area contributed by atoms with Crippen LogP contribution >= 0.6 is 23.2 Å². The van der Waals surface area contributed by atoms with Gasteiger partial charge in [0.1, 0.15) is 5.76 Å². The zero-order valence-corrected chi connectivity index (χ0v) is 19.6. The molecule has 0 bridgehead atoms. The molecule has 0 aliphatic carbocycles. The molecule has 8 heteroatoms. The maximum absolute atomic E-state index is 13.7. The summed E-state index contributed by atoms with van der Waals surface area (Å²) in [4.78, 5) is 22.6. The SMILES string of the molecule is Cc1nc2n(c(=O)c1Cc1ccccc1)CN(Cc1ccco1)CN2c1ccc(Cl)cc1Cl. The predicted octanol–water partition coefficient (Wildman–Crippen LogP) is 5.61. The summed E-state index contributed by atoms with van der Waals surface area (Å²) in [5.74, 6) is 1.38. The lowest BCUT2D eigenvalue weighted by Crippen LogP contribution is -2.47. The molecule has 0 N–H and O–H groups in total. The van der Waals surface area contributed by atoms with Crippen LogP contribution in [0.2, 0.25) is 10.0 Å². The van der Waals surface area contributed by atoms with E-state index < -0.39 is 0 Å². The van der Waals surface area contributed by atoms with Crippen molar-refractivity contribution in [2.45, 2.75) is 26.6 Å². The minimum atomic E-state index is -0.0550. The Kier molecular flexibility index (Phi) is 5.98. The average molecular weight is 481 g/mol. The van der Waals surface area contributed by atoms with E-state index in [2.05, 4.69) is 4.90 Å². The lowest BCUT2D eigenvalue weighted by molar-refractivity contribution is 0.176. The van der Waals surface area contributed by atoms with Crippen LogP contribution in [-0.4, -0.2) is 21.1 Å². The number of halogens is 2. The number of fused-ring (bicyclic) bond motifs is 1. The second-order valence-electron chi connectivity index (χ2n) is 8.09. The zero-order valence-electron chi connectivity index (χ0n) is 18.0. The first-order chi connectivity index (χ1) is 16.0. The fourth-order valence-electron chi connectivity index (χ4n) is 4.14. The minimum absolute atomic E-state index is 0.0550. The van der Waals surface area contributed by atoms with E-state index in [1.54, 1.807) is 23.0 Å². The highest BCUT2D eigenvalue weighted by Crippen LogP contribution is 2.35. The van der Waals surface area contributed by atoms with E-state index >= 15 is 0 Å². The summed E-state index contributed by atoms with van der Waals surface area (Å²) in [5, 5.41) is 1.04. The summed E-state index contributed by atoms with van der Waals surface area (Å²) in [7, 11) is 0. The summed E-state index contributed by atoms with van der Waals surface area (Å²) in [6.07, 6.45) is 2.18. The minimum Gasteiger partial charge on any atom is -0.468 e. The normalized spacial score (nSPS) is 13.8. The third-order valence-corrected chi connectivity index (χ3v) is 6.30. The first kappa shape index (κ1) is 21.8. The highest BCUT2D eigenvalue weighted by atomic mass is 35.5. The molecule has 0 fully saturated rings. The van der Waals surface area contributed by atoms with Crippen LogP contribution in [0.15, 0.2) is 76.1 Å². The van der Waals surface area contributed by atoms with Crippen LogP contribution in [0.4, 0.5) is 11.6 Å². The van der Waals surface area contributed by atoms with E-state index in [0.717, 1.165) is 17.0 Å². The number of aromatic nitrogens is 2. The van der Waals surface area contributed by atoms with Gasteiger partial charge in [-0.15, -0.1) is 0 Å². The van der Waals surface area contributed by atoms with E-state index in [1.165, 1.54) is 0 Å². The summed E-state index contributed by atoms with van der Waals surface area (Å²) in [5.41, 5.74) is 3.15. The van der Waals surface area contributed by atoms with Gasteiger partial charge in [-0.25, -0.2) is 4.98 Å². The summed E-state index contributed by atoms with van der Waals surface area (Å²) in [6, 6.07) is 19.1. The van der Waals surface area contributed by atoms with Gasteiger partial charge in [0.15, 0.2) is 0 Å². The van der Waals surface area contributed by atoms with Crippen LogP contribution in [0.5, 0.6) is 0 Å². The fraction of sp³-hybridized carbons (Fsp3) is 0.200. The zero-order chi connectivity index (χ0) is 22.9. The number of aryl methyl sites for hydroxylation is 1. The number of hydrogen-bond acceptors (Lipinski definition) is 5. The van der Waals surface area contributed by atoms with Crippen molar-refractivity contribution in [1.29, 1.82) is 0 Å². The van der Waals surface area contributed by atoms with Crippen molar-refractivity contribution in [2.24, 2.45) is 0 Å². The molecule has 33 heavy (non-hydrogen) atoms. The van der Waals surface area contributed by atoms with Crippen LogP contribution in [0.1, 0.15) is 22.6 Å². The van der Waals surface area contributed by atoms with E-state index in [0.29, 0.717) is 53.6 Å². The van der Waals surface area contributed by atoms with E-state index in [9.17, 15) is 4.79 Å². The van der Waals surface area contributed by atoms with Crippen molar-refractivity contribution in [2.75, 3.05) is 11.6 Å². The molecule has 1 aliphatic rings. The summed E-state index contributed by atoms with van der Waals surface area (Å²) < 4.78 is 7.26. The van der Waals surface area contributed by atoms with Gasteiger partial charge in [0.05, 0.1) is 42.5 Å². The standard InChI is InChI=1S/C25H22Cl2N4O2/c1-17-21(12-18-6-3-2-4-7-18)24(32)31-16-29(14-20-8-5-11-33-20)15-30(25(31)28-17)23-10-9-19(26)13-22(23)27/h2-11,13H,12,14-16H2,1H3. The maximum Gasteiger partial charge on any atom is 0.259 e. The molecule has 4 aromatic rings. The molecule has 1 aliphatic heterocycles. The van der Waals surface area contributed by atoms with Crippen LogP contribution in [-0.2, 0) is 19.6 Å². The molecule has 2 aromatic carbocycles. The van der Waals surface area contributed by atoms with Crippen LogP contribution in [0.25, 0.3) is 0 Å². The molecular weight excluding hydrogens is 459 g/mol. The van der Waals surface area contributed by atoms with Crippen LogP contribution < -0.4 is 10.5 Å². The molecule has 0 spiro atoms.